The quantitative estimate of drug-likeness (QED) is 0.649. The van der Waals surface area contributed by atoms with Crippen molar-refractivity contribution >= 4 is 32.8 Å². The lowest BCUT2D eigenvalue weighted by Gasteiger charge is -2.01. The van der Waals surface area contributed by atoms with Gasteiger partial charge in [-0.15, -0.1) is 11.3 Å². The number of thiophene rings is 1. The van der Waals surface area contributed by atoms with Crippen LogP contribution in [0.5, 0.6) is 0 Å². The number of aryl methyl sites for hydroxylation is 1. The van der Waals surface area contributed by atoms with E-state index in [2.05, 4.69) is 13.0 Å². The van der Waals surface area contributed by atoms with Crippen LogP contribution < -0.4 is 11.5 Å². The Morgan fingerprint density at radius 3 is 2.72 bits per heavy atom. The van der Waals surface area contributed by atoms with E-state index in [1.165, 1.54) is 17.7 Å². The molecule has 2 aromatic rings. The Hall–Kier alpha value is -1.73. The number of rotatable bonds is 4. The van der Waals surface area contributed by atoms with E-state index < -0.39 is 0 Å². The van der Waals surface area contributed by atoms with Crippen LogP contribution in [-0.2, 0) is 6.42 Å². The Bertz CT molecular complexity index is 608. The second-order valence-electron chi connectivity index (χ2n) is 4.41. The van der Waals surface area contributed by atoms with Gasteiger partial charge in [0.2, 0.25) is 0 Å². The first-order chi connectivity index (χ1) is 8.69. The highest BCUT2D eigenvalue weighted by Crippen LogP contribution is 2.38. The maximum Gasteiger partial charge on any atom is 0.102 e. The monoisotopic (exact) mass is 259 g/mol. The van der Waals surface area contributed by atoms with Crippen molar-refractivity contribution in [1.29, 1.82) is 5.26 Å². The molecule has 1 aromatic heterocycles. The van der Waals surface area contributed by atoms with Crippen LogP contribution in [0.3, 0.4) is 0 Å². The first kappa shape index (κ1) is 12.7. The number of anilines is 2. The smallest absolute Gasteiger partial charge is 0.102 e. The Morgan fingerprint density at radius 1 is 1.28 bits per heavy atom. The first-order valence-electron chi connectivity index (χ1n) is 6.18. The van der Waals surface area contributed by atoms with Crippen molar-refractivity contribution in [2.45, 2.75) is 32.6 Å². The zero-order chi connectivity index (χ0) is 13.1. The summed E-state index contributed by atoms with van der Waals surface area (Å²) < 4.78 is 1.06. The topological polar surface area (TPSA) is 75.8 Å². The number of hydrogen-bond acceptors (Lipinski definition) is 4. The fraction of sp³-hybridized carbons (Fsp3) is 0.357. The number of fused-ring (bicyclic) bond motifs is 1. The van der Waals surface area contributed by atoms with Crippen LogP contribution in [0.1, 0.15) is 36.6 Å². The summed E-state index contributed by atoms with van der Waals surface area (Å²) in [7, 11) is 0. The normalized spacial score (nSPS) is 10.7. The second-order valence-corrected chi connectivity index (χ2v) is 5.55. The van der Waals surface area contributed by atoms with Gasteiger partial charge in [-0.1, -0.05) is 19.8 Å². The molecule has 3 nitrogen and oxygen atoms in total. The van der Waals surface area contributed by atoms with Crippen molar-refractivity contribution in [3.05, 3.63) is 22.6 Å². The highest BCUT2D eigenvalue weighted by molar-refractivity contribution is 7.19. The van der Waals surface area contributed by atoms with Gasteiger partial charge in [-0.05, 0) is 25.0 Å². The third kappa shape index (κ3) is 2.14. The first-order valence-corrected chi connectivity index (χ1v) is 7.00. The van der Waals surface area contributed by atoms with Crippen molar-refractivity contribution in [3.63, 3.8) is 0 Å². The lowest BCUT2D eigenvalue weighted by Crippen LogP contribution is -1.94. The molecule has 0 unspecified atom stereocenters. The SMILES string of the molecule is CCCCCc1sc2ccc(N)c(C#N)c2c1N. The van der Waals surface area contributed by atoms with Gasteiger partial charge in [0.05, 0.1) is 16.9 Å². The molecule has 1 aromatic carbocycles. The molecule has 0 aliphatic heterocycles. The van der Waals surface area contributed by atoms with Gasteiger partial charge in [0, 0.05) is 15.0 Å². The lowest BCUT2D eigenvalue weighted by molar-refractivity contribution is 0.723. The van der Waals surface area contributed by atoms with Crippen molar-refractivity contribution in [3.8, 4) is 6.07 Å². The van der Waals surface area contributed by atoms with Gasteiger partial charge in [-0.3, -0.25) is 0 Å². The van der Waals surface area contributed by atoms with E-state index in [9.17, 15) is 5.26 Å². The Balaban J connectivity index is 2.47. The van der Waals surface area contributed by atoms with E-state index in [1.807, 2.05) is 6.07 Å². The maximum absolute atomic E-state index is 9.18. The third-order valence-electron chi connectivity index (χ3n) is 3.12. The summed E-state index contributed by atoms with van der Waals surface area (Å²) in [5.74, 6) is 0. The Kier molecular flexibility index (Phi) is 3.73. The van der Waals surface area contributed by atoms with Crippen LogP contribution in [0.15, 0.2) is 12.1 Å². The zero-order valence-electron chi connectivity index (χ0n) is 10.5. The summed E-state index contributed by atoms with van der Waals surface area (Å²) in [5.41, 5.74) is 13.8. The molecule has 0 saturated heterocycles. The molecule has 0 aliphatic carbocycles. The summed E-state index contributed by atoms with van der Waals surface area (Å²) in [6.45, 7) is 2.18. The summed E-state index contributed by atoms with van der Waals surface area (Å²) in [4.78, 5) is 1.18. The molecule has 18 heavy (non-hydrogen) atoms. The summed E-state index contributed by atoms with van der Waals surface area (Å²) in [6.07, 6.45) is 4.54. The number of benzene rings is 1. The summed E-state index contributed by atoms with van der Waals surface area (Å²) in [6, 6.07) is 5.90. The molecule has 0 spiro atoms. The van der Waals surface area contributed by atoms with E-state index in [0.29, 0.717) is 11.3 Å². The minimum absolute atomic E-state index is 0.509. The number of nitrogens with zero attached hydrogens (tertiary/aromatic N) is 1. The van der Waals surface area contributed by atoms with Crippen LogP contribution in [0.25, 0.3) is 10.1 Å². The van der Waals surface area contributed by atoms with Crippen molar-refractivity contribution in [2.24, 2.45) is 0 Å². The van der Waals surface area contributed by atoms with Crippen LogP contribution in [0, 0.1) is 11.3 Å². The predicted octanol–water partition coefficient (Wildman–Crippen LogP) is 3.67. The number of nitrogen functional groups attached to an aromatic ring is 2. The van der Waals surface area contributed by atoms with Crippen LogP contribution in [-0.4, -0.2) is 0 Å². The molecule has 0 saturated carbocycles. The molecule has 0 aliphatic rings. The van der Waals surface area contributed by atoms with Gasteiger partial charge in [-0.2, -0.15) is 5.26 Å². The average Bonchev–Trinajstić information content (AvgIpc) is 2.68. The second kappa shape index (κ2) is 5.28. The Labute approximate surface area is 111 Å². The molecule has 0 fully saturated rings. The van der Waals surface area contributed by atoms with Crippen LogP contribution >= 0.6 is 11.3 Å². The molecule has 2 rings (SSSR count). The number of unbranched alkanes of at least 4 members (excludes halogenated alkanes) is 2. The molecule has 4 N–H and O–H groups in total. The van der Waals surface area contributed by atoms with Crippen LogP contribution in [0.4, 0.5) is 11.4 Å². The lowest BCUT2D eigenvalue weighted by atomic mass is 10.1. The molecule has 0 atom stereocenters. The molecule has 0 radical (unpaired) electrons. The molecular formula is C14H17N3S. The fourth-order valence-corrected chi connectivity index (χ4v) is 3.29. The van der Waals surface area contributed by atoms with Gasteiger partial charge in [0.15, 0.2) is 0 Å². The standard InChI is InChI=1S/C14H17N3S/c1-2-3-4-5-12-14(17)13-9(8-15)10(16)6-7-11(13)18-12/h6-7H,2-5,16-17H2,1H3. The molecule has 1 heterocycles. The van der Waals surface area contributed by atoms with E-state index in [1.54, 1.807) is 17.4 Å². The molecule has 0 amide bonds. The van der Waals surface area contributed by atoms with Crippen molar-refractivity contribution < 1.29 is 0 Å². The minimum Gasteiger partial charge on any atom is -0.398 e. The average molecular weight is 259 g/mol. The number of hydrogen-bond donors (Lipinski definition) is 2. The Morgan fingerprint density at radius 2 is 2.06 bits per heavy atom. The van der Waals surface area contributed by atoms with Gasteiger partial charge in [-0.25, -0.2) is 0 Å². The van der Waals surface area contributed by atoms with Crippen LogP contribution in [0.2, 0.25) is 0 Å². The summed E-state index contributed by atoms with van der Waals surface area (Å²) >= 11 is 1.68. The summed E-state index contributed by atoms with van der Waals surface area (Å²) in [5, 5.41) is 10.0. The minimum atomic E-state index is 0.509. The van der Waals surface area contributed by atoms with Gasteiger partial charge in [0.1, 0.15) is 6.07 Å². The number of nitrogens with two attached hydrogens (primary N) is 2. The van der Waals surface area contributed by atoms with Crippen molar-refractivity contribution in [1.82, 2.24) is 0 Å². The van der Waals surface area contributed by atoms with E-state index in [-0.39, 0.29) is 0 Å². The molecule has 94 valence electrons. The maximum atomic E-state index is 9.18. The van der Waals surface area contributed by atoms with E-state index in [0.717, 1.165) is 28.6 Å². The largest absolute Gasteiger partial charge is 0.398 e. The van der Waals surface area contributed by atoms with E-state index >= 15 is 0 Å². The third-order valence-corrected chi connectivity index (χ3v) is 4.35. The number of nitriles is 1. The highest BCUT2D eigenvalue weighted by Gasteiger charge is 2.14. The highest BCUT2D eigenvalue weighted by atomic mass is 32.1. The predicted molar refractivity (Wildman–Crippen MR) is 78.6 cm³/mol. The molecule has 0 bridgehead atoms. The van der Waals surface area contributed by atoms with Crippen molar-refractivity contribution in [2.75, 3.05) is 11.5 Å². The molecular weight excluding hydrogens is 242 g/mol. The van der Waals surface area contributed by atoms with Gasteiger partial charge >= 0.3 is 0 Å². The van der Waals surface area contributed by atoms with Gasteiger partial charge < -0.3 is 11.5 Å². The molecule has 4 heteroatoms. The zero-order valence-corrected chi connectivity index (χ0v) is 11.3. The van der Waals surface area contributed by atoms with Gasteiger partial charge in [0.25, 0.3) is 0 Å². The van der Waals surface area contributed by atoms with E-state index in [4.69, 9.17) is 11.5 Å². The fourth-order valence-electron chi connectivity index (χ4n) is 2.12.